The molecule has 6 aromatic rings. The van der Waals surface area contributed by atoms with Gasteiger partial charge >= 0.3 is 0 Å². The molecule has 6 rings (SSSR count). The molecule has 248 valence electrons. The highest BCUT2D eigenvalue weighted by Crippen LogP contribution is 2.41. The van der Waals surface area contributed by atoms with Crippen molar-refractivity contribution < 1.29 is 13.6 Å². The smallest absolute Gasteiger partial charge is 0.263 e. The van der Waals surface area contributed by atoms with Gasteiger partial charge in [0.1, 0.15) is 22.8 Å². The average Bonchev–Trinajstić information content (AvgIpc) is 3.60. The summed E-state index contributed by atoms with van der Waals surface area (Å²) in [5.41, 5.74) is 4.04. The molecule has 0 unspecified atom stereocenters. The van der Waals surface area contributed by atoms with E-state index in [1.54, 1.807) is 36.7 Å². The summed E-state index contributed by atoms with van der Waals surface area (Å²) in [4.78, 5) is 9.31. The number of rotatable bonds is 10. The van der Waals surface area contributed by atoms with Crippen LogP contribution >= 0.6 is 11.6 Å². The molecule has 0 saturated carbocycles. The van der Waals surface area contributed by atoms with Crippen LogP contribution in [-0.4, -0.2) is 33.9 Å². The number of nitrogens with one attached hydrogen (secondary N) is 1. The minimum atomic E-state index is -3.93. The zero-order chi connectivity index (χ0) is 34.6. The maximum atomic E-state index is 13.2. The van der Waals surface area contributed by atoms with Gasteiger partial charge in [0.2, 0.25) is 0 Å². The van der Waals surface area contributed by atoms with E-state index in [1.807, 2.05) is 65.4 Å². The molecule has 0 aliphatic carbocycles. The Kier molecular flexibility index (Phi) is 9.41. The van der Waals surface area contributed by atoms with E-state index in [-0.39, 0.29) is 33.3 Å². The third kappa shape index (κ3) is 6.86. The van der Waals surface area contributed by atoms with Crippen molar-refractivity contribution in [3.05, 3.63) is 179 Å². The van der Waals surface area contributed by atoms with Gasteiger partial charge in [0.05, 0.1) is 21.9 Å². The SMILES string of the molecule is CC(C)(C)c1ccc(S(=O)(=O)Nc2ccc(Cl)c(CC(=NO)c3cn(C(c4ccccc4)(c4ccccc4)c4ccccc4)cn3)n2)cc1. The summed E-state index contributed by atoms with van der Waals surface area (Å²) in [5, 5.41) is 14.1. The lowest BCUT2D eigenvalue weighted by atomic mass is 9.77. The normalized spacial score (nSPS) is 12.5. The van der Waals surface area contributed by atoms with Crippen LogP contribution in [0.25, 0.3) is 0 Å². The molecule has 0 aliphatic heterocycles. The second-order valence-corrected chi connectivity index (χ2v) is 14.8. The summed E-state index contributed by atoms with van der Waals surface area (Å²) in [7, 11) is -3.93. The highest BCUT2D eigenvalue weighted by atomic mass is 35.5. The van der Waals surface area contributed by atoms with Gasteiger partial charge in [-0.1, -0.05) is 141 Å². The fourth-order valence-electron chi connectivity index (χ4n) is 5.97. The van der Waals surface area contributed by atoms with Crippen LogP contribution in [0, 0.1) is 0 Å². The predicted octanol–water partition coefficient (Wildman–Crippen LogP) is 8.29. The first kappa shape index (κ1) is 33.6. The molecule has 2 heterocycles. The van der Waals surface area contributed by atoms with E-state index < -0.39 is 15.6 Å². The lowest BCUT2D eigenvalue weighted by Gasteiger charge is -2.37. The summed E-state index contributed by atoms with van der Waals surface area (Å²) in [6, 6.07) is 40.3. The largest absolute Gasteiger partial charge is 0.411 e. The van der Waals surface area contributed by atoms with Crippen molar-refractivity contribution in [2.75, 3.05) is 4.72 Å². The zero-order valence-corrected chi connectivity index (χ0v) is 28.9. The van der Waals surface area contributed by atoms with E-state index >= 15 is 0 Å². The van der Waals surface area contributed by atoms with Gasteiger partial charge in [0.25, 0.3) is 10.0 Å². The molecule has 0 bridgehead atoms. The second kappa shape index (κ2) is 13.7. The molecule has 0 atom stereocenters. The third-order valence-electron chi connectivity index (χ3n) is 8.48. The molecule has 0 amide bonds. The molecule has 2 aromatic heterocycles. The molecule has 49 heavy (non-hydrogen) atoms. The first-order chi connectivity index (χ1) is 23.5. The van der Waals surface area contributed by atoms with Crippen molar-refractivity contribution in [1.82, 2.24) is 14.5 Å². The van der Waals surface area contributed by atoms with E-state index in [1.165, 1.54) is 6.07 Å². The summed E-state index contributed by atoms with van der Waals surface area (Å²) < 4.78 is 31.1. The number of sulfonamides is 1. The number of pyridine rings is 1. The van der Waals surface area contributed by atoms with Gasteiger partial charge in [0.15, 0.2) is 0 Å². The van der Waals surface area contributed by atoms with Crippen LogP contribution in [0.1, 0.15) is 54.4 Å². The Labute approximate surface area is 291 Å². The molecule has 0 saturated heterocycles. The summed E-state index contributed by atoms with van der Waals surface area (Å²) in [6.07, 6.45) is 3.54. The average molecular weight is 690 g/mol. The Morgan fingerprint density at radius 3 is 1.80 bits per heavy atom. The summed E-state index contributed by atoms with van der Waals surface area (Å²) >= 11 is 6.55. The molecule has 4 aromatic carbocycles. The van der Waals surface area contributed by atoms with Crippen molar-refractivity contribution in [3.8, 4) is 0 Å². The third-order valence-corrected chi connectivity index (χ3v) is 10.2. The predicted molar refractivity (Wildman–Crippen MR) is 194 cm³/mol. The number of oxime groups is 1. The van der Waals surface area contributed by atoms with E-state index in [0.717, 1.165) is 22.3 Å². The Morgan fingerprint density at radius 1 is 0.776 bits per heavy atom. The first-order valence-electron chi connectivity index (χ1n) is 15.7. The van der Waals surface area contributed by atoms with Crippen molar-refractivity contribution in [3.63, 3.8) is 0 Å². The number of aromatic nitrogens is 3. The van der Waals surface area contributed by atoms with Crippen LogP contribution in [0.5, 0.6) is 0 Å². The highest BCUT2D eigenvalue weighted by Gasteiger charge is 2.38. The minimum Gasteiger partial charge on any atom is -0.411 e. The van der Waals surface area contributed by atoms with Crippen LogP contribution in [0.2, 0.25) is 5.02 Å². The Bertz CT molecular complexity index is 2080. The van der Waals surface area contributed by atoms with Crippen LogP contribution in [0.15, 0.2) is 150 Å². The van der Waals surface area contributed by atoms with Gasteiger partial charge in [0, 0.05) is 12.6 Å². The zero-order valence-electron chi connectivity index (χ0n) is 27.3. The van der Waals surface area contributed by atoms with Crippen molar-refractivity contribution in [2.24, 2.45) is 5.16 Å². The van der Waals surface area contributed by atoms with E-state index in [2.05, 4.69) is 72.0 Å². The molecule has 0 aliphatic rings. The monoisotopic (exact) mass is 689 g/mol. The number of halogens is 1. The number of benzene rings is 4. The highest BCUT2D eigenvalue weighted by molar-refractivity contribution is 7.92. The lowest BCUT2D eigenvalue weighted by Crippen LogP contribution is -2.37. The fraction of sp³-hybridized carbons (Fsp3) is 0.154. The number of anilines is 1. The molecule has 0 spiro atoms. The standard InChI is InChI=1S/C39H36ClN5O3S/c1-38(2,3)28-19-21-32(22-20-28)49(47,48)44-37-24-23-33(40)34(42-37)25-35(43-46)36-26-45(27-41-36)39(29-13-7-4-8-14-29,30-15-9-5-10-16-30)31-17-11-6-12-18-31/h4-24,26-27,46H,25H2,1-3H3,(H,42,44). The number of hydrogen-bond acceptors (Lipinski definition) is 6. The van der Waals surface area contributed by atoms with Crippen LogP contribution < -0.4 is 4.72 Å². The van der Waals surface area contributed by atoms with E-state index in [9.17, 15) is 13.6 Å². The van der Waals surface area contributed by atoms with E-state index in [4.69, 9.17) is 16.6 Å². The van der Waals surface area contributed by atoms with Crippen molar-refractivity contribution in [2.45, 2.75) is 43.0 Å². The fourth-order valence-corrected chi connectivity index (χ4v) is 7.15. The van der Waals surface area contributed by atoms with Gasteiger partial charge in [-0.25, -0.2) is 18.4 Å². The maximum Gasteiger partial charge on any atom is 0.263 e. The first-order valence-corrected chi connectivity index (χ1v) is 17.6. The number of hydrogen-bond donors (Lipinski definition) is 2. The van der Waals surface area contributed by atoms with Crippen molar-refractivity contribution in [1.29, 1.82) is 0 Å². The van der Waals surface area contributed by atoms with Gasteiger partial charge in [-0.15, -0.1) is 0 Å². The maximum absolute atomic E-state index is 13.2. The molecule has 10 heteroatoms. The van der Waals surface area contributed by atoms with Crippen LogP contribution in [-0.2, 0) is 27.4 Å². The Hall–Kier alpha value is -5.25. The second-order valence-electron chi connectivity index (χ2n) is 12.7. The molecule has 2 N–H and O–H groups in total. The topological polar surface area (TPSA) is 109 Å². The lowest BCUT2D eigenvalue weighted by molar-refractivity contribution is 0.318. The van der Waals surface area contributed by atoms with Gasteiger partial charge in [-0.05, 0) is 51.9 Å². The Balaban J connectivity index is 1.34. The molecule has 0 radical (unpaired) electrons. The molecular weight excluding hydrogens is 654 g/mol. The van der Waals surface area contributed by atoms with Gasteiger partial charge in [-0.3, -0.25) is 4.72 Å². The van der Waals surface area contributed by atoms with Gasteiger partial charge < -0.3 is 9.77 Å². The van der Waals surface area contributed by atoms with E-state index in [0.29, 0.717) is 11.4 Å². The Morgan fingerprint density at radius 2 is 1.31 bits per heavy atom. The summed E-state index contributed by atoms with van der Waals surface area (Å²) in [5.74, 6) is 0.0818. The van der Waals surface area contributed by atoms with Crippen LogP contribution in [0.3, 0.4) is 0 Å². The van der Waals surface area contributed by atoms with Gasteiger partial charge in [-0.2, -0.15) is 0 Å². The quantitative estimate of drug-likeness (QED) is 0.0651. The molecular formula is C39H36ClN5O3S. The summed E-state index contributed by atoms with van der Waals surface area (Å²) in [6.45, 7) is 6.19. The minimum absolute atomic E-state index is 0.0167. The molecule has 0 fully saturated rings. The molecule has 8 nitrogen and oxygen atoms in total. The number of nitrogens with zero attached hydrogens (tertiary/aromatic N) is 4. The van der Waals surface area contributed by atoms with Crippen molar-refractivity contribution >= 4 is 33.2 Å². The van der Waals surface area contributed by atoms with Crippen LogP contribution in [0.4, 0.5) is 5.82 Å². The number of imidazole rings is 1.